The number of nitrogens with one attached hydrogen (secondary N) is 4. The van der Waals surface area contributed by atoms with Crippen LogP contribution in [0.1, 0.15) is 40.3 Å². The van der Waals surface area contributed by atoms with Crippen molar-refractivity contribution in [3.05, 3.63) is 166 Å². The number of anilines is 4. The number of hydrogen-bond acceptors (Lipinski definition) is 5. The Morgan fingerprint density at radius 1 is 0.720 bits per heavy atom. The van der Waals surface area contributed by atoms with E-state index in [2.05, 4.69) is 167 Å². The molecular weight excluding hydrogens is 611 g/mol. The highest BCUT2D eigenvalue weighted by Gasteiger charge is 2.25. The zero-order valence-corrected chi connectivity index (χ0v) is 28.0. The average Bonchev–Trinajstić information content (AvgIpc) is 3.18. The lowest BCUT2D eigenvalue weighted by Crippen LogP contribution is -2.38. The van der Waals surface area contributed by atoms with Crippen molar-refractivity contribution in [2.24, 2.45) is 0 Å². The minimum atomic E-state index is 0.0895. The fourth-order valence-corrected chi connectivity index (χ4v) is 7.56. The number of nitrogen functional groups attached to an aromatic ring is 1. The average molecular weight is 650 g/mol. The third-order valence-corrected chi connectivity index (χ3v) is 10.2. The van der Waals surface area contributed by atoms with Crippen molar-refractivity contribution in [3.63, 3.8) is 0 Å². The number of allylic oxidation sites excluding steroid dienone is 5. The second kappa shape index (κ2) is 12.4. The predicted octanol–water partition coefficient (Wildman–Crippen LogP) is 9.61. The van der Waals surface area contributed by atoms with Gasteiger partial charge in [0.2, 0.25) is 0 Å². The van der Waals surface area contributed by atoms with Crippen molar-refractivity contribution in [2.45, 2.75) is 25.0 Å². The first kappa shape index (κ1) is 29.9. The monoisotopic (exact) mass is 649 g/mol. The van der Waals surface area contributed by atoms with Gasteiger partial charge >= 0.3 is 0 Å². The van der Waals surface area contributed by atoms with E-state index < -0.39 is 0 Å². The Morgan fingerprint density at radius 2 is 1.48 bits per heavy atom. The molecule has 0 saturated carbocycles. The van der Waals surface area contributed by atoms with Crippen LogP contribution < -0.4 is 27.0 Å². The number of rotatable bonds is 5. The van der Waals surface area contributed by atoms with Gasteiger partial charge in [-0.3, -0.25) is 0 Å². The summed E-state index contributed by atoms with van der Waals surface area (Å²) in [6.07, 6.45) is 28.7. The van der Waals surface area contributed by atoms with Gasteiger partial charge in [0, 0.05) is 29.2 Å². The van der Waals surface area contributed by atoms with Crippen molar-refractivity contribution in [1.82, 2.24) is 5.32 Å². The van der Waals surface area contributed by atoms with E-state index in [1.54, 1.807) is 0 Å². The van der Waals surface area contributed by atoms with Crippen LogP contribution in [0.2, 0.25) is 0 Å². The molecule has 9 rings (SSSR count). The maximum Gasteiger partial charge on any atom is 0.0707 e. The van der Waals surface area contributed by atoms with Crippen molar-refractivity contribution in [1.29, 1.82) is 0 Å². The molecule has 0 amide bonds. The molecule has 5 nitrogen and oxygen atoms in total. The van der Waals surface area contributed by atoms with E-state index in [4.69, 9.17) is 5.73 Å². The van der Waals surface area contributed by atoms with E-state index in [-0.39, 0.29) is 18.1 Å². The molecule has 244 valence electrons. The Balaban J connectivity index is 0.933. The van der Waals surface area contributed by atoms with Crippen LogP contribution in [0.15, 0.2) is 133 Å². The van der Waals surface area contributed by atoms with E-state index in [1.165, 1.54) is 50.2 Å². The first-order chi connectivity index (χ1) is 24.6. The summed E-state index contributed by atoms with van der Waals surface area (Å²) in [7, 11) is 0. The first-order valence-corrected chi connectivity index (χ1v) is 17.4. The standard InChI is InChI=1S/C45H39N5/c1-2-6-35-25-37(36-8-5-24-47-45(36)44(35)46)29-12-10-28(11-13-29)33-16-14-31-18-21-39(49-42(31)26-33)34-17-15-32-20-23-41(50-43(32)27-34)40-22-19-30-7-3-4-9-38(30)48-40/h2-23,25-27,40-42,47-50H,24,46H2,1H3/b6-2-. The second-order valence-corrected chi connectivity index (χ2v) is 13.3. The fraction of sp³-hybridized carbons (Fsp3) is 0.111. The Labute approximate surface area is 293 Å². The Morgan fingerprint density at radius 3 is 2.32 bits per heavy atom. The van der Waals surface area contributed by atoms with Crippen molar-refractivity contribution in [2.75, 3.05) is 28.2 Å². The number of benzene rings is 4. The molecule has 50 heavy (non-hydrogen) atoms. The zero-order chi connectivity index (χ0) is 33.6. The fourth-order valence-electron chi connectivity index (χ4n) is 7.56. The number of hydrogen-bond donors (Lipinski definition) is 5. The van der Waals surface area contributed by atoms with Crippen LogP contribution in [0.3, 0.4) is 0 Å². The molecule has 0 bridgehead atoms. The highest BCUT2D eigenvalue weighted by molar-refractivity contribution is 5.95. The molecule has 0 spiro atoms. The molecule has 1 aliphatic carbocycles. The number of fused-ring (bicyclic) bond motifs is 4. The molecule has 4 aromatic carbocycles. The van der Waals surface area contributed by atoms with Gasteiger partial charge in [-0.05, 0) is 81.3 Å². The zero-order valence-electron chi connectivity index (χ0n) is 28.0. The molecule has 5 aliphatic rings. The van der Waals surface area contributed by atoms with Gasteiger partial charge in [0.1, 0.15) is 0 Å². The summed E-state index contributed by atoms with van der Waals surface area (Å²) in [6, 6.07) is 26.7. The normalized spacial score (nSPS) is 20.9. The lowest BCUT2D eigenvalue weighted by molar-refractivity contribution is 0.786. The summed E-state index contributed by atoms with van der Waals surface area (Å²) in [5, 5.41) is 14.8. The molecule has 3 atom stereocenters. The summed E-state index contributed by atoms with van der Waals surface area (Å²) in [5.74, 6) is 0. The molecular formula is C45H39N5. The third kappa shape index (κ3) is 5.37. The van der Waals surface area contributed by atoms with Crippen molar-refractivity contribution >= 4 is 58.3 Å². The first-order valence-electron chi connectivity index (χ1n) is 17.4. The Bertz CT molecular complexity index is 2270. The van der Waals surface area contributed by atoms with Gasteiger partial charge < -0.3 is 27.0 Å². The molecule has 0 radical (unpaired) electrons. The van der Waals surface area contributed by atoms with Crippen LogP contribution in [-0.4, -0.2) is 24.7 Å². The topological polar surface area (TPSA) is 74.1 Å². The molecule has 0 fully saturated rings. The molecule has 4 aromatic rings. The summed E-state index contributed by atoms with van der Waals surface area (Å²) < 4.78 is 0. The predicted molar refractivity (Wildman–Crippen MR) is 214 cm³/mol. The minimum Gasteiger partial charge on any atom is -0.397 e. The lowest BCUT2D eigenvalue weighted by atomic mass is 9.88. The summed E-state index contributed by atoms with van der Waals surface area (Å²) in [6.45, 7) is 2.81. The van der Waals surface area contributed by atoms with Gasteiger partial charge in [-0.25, -0.2) is 0 Å². The van der Waals surface area contributed by atoms with E-state index in [9.17, 15) is 0 Å². The minimum absolute atomic E-state index is 0.0895. The molecule has 3 unspecified atom stereocenters. The van der Waals surface area contributed by atoms with Crippen LogP contribution in [0.5, 0.6) is 0 Å². The van der Waals surface area contributed by atoms with Gasteiger partial charge in [0.25, 0.3) is 0 Å². The summed E-state index contributed by atoms with van der Waals surface area (Å²) in [4.78, 5) is 0. The van der Waals surface area contributed by atoms with Gasteiger partial charge in [-0.1, -0.05) is 128 Å². The van der Waals surface area contributed by atoms with Crippen LogP contribution in [-0.2, 0) is 0 Å². The highest BCUT2D eigenvalue weighted by Crippen LogP contribution is 2.40. The van der Waals surface area contributed by atoms with E-state index >= 15 is 0 Å². The Hall–Kier alpha value is -6.20. The Kier molecular flexibility index (Phi) is 7.39. The highest BCUT2D eigenvalue weighted by atomic mass is 15.0. The molecule has 6 N–H and O–H groups in total. The number of nitrogens with two attached hydrogens (primary N) is 1. The summed E-state index contributed by atoms with van der Waals surface area (Å²) >= 11 is 0. The maximum absolute atomic E-state index is 6.55. The summed E-state index contributed by atoms with van der Waals surface area (Å²) in [5.41, 5.74) is 23.6. The maximum atomic E-state index is 6.55. The molecule has 0 saturated heterocycles. The van der Waals surface area contributed by atoms with E-state index in [0.717, 1.165) is 40.4 Å². The quantitative estimate of drug-likeness (QED) is 0.139. The van der Waals surface area contributed by atoms with Gasteiger partial charge in [0.15, 0.2) is 0 Å². The van der Waals surface area contributed by atoms with Gasteiger partial charge in [-0.2, -0.15) is 0 Å². The van der Waals surface area contributed by atoms with E-state index in [0.29, 0.717) is 0 Å². The van der Waals surface area contributed by atoms with Crippen LogP contribution in [0.4, 0.5) is 22.7 Å². The van der Waals surface area contributed by atoms with Crippen molar-refractivity contribution in [3.8, 4) is 11.1 Å². The lowest BCUT2D eigenvalue weighted by Gasteiger charge is -2.32. The molecule has 4 aliphatic heterocycles. The molecule has 5 heteroatoms. The second-order valence-electron chi connectivity index (χ2n) is 13.3. The van der Waals surface area contributed by atoms with E-state index in [1.807, 2.05) is 13.0 Å². The SMILES string of the molecule is C/C=C\c1cc(-c2ccc(C3=CC4NC(c5ccc6c(c5)NC(C5C=Cc7ccccc7N5)C=C6)=CC=C4C=C3)cc2)c2c(c1N)NCC=C2. The largest absolute Gasteiger partial charge is 0.397 e. The van der Waals surface area contributed by atoms with Crippen molar-refractivity contribution < 1.29 is 0 Å². The number of para-hydroxylation sites is 1. The molecule has 0 aromatic heterocycles. The third-order valence-electron chi connectivity index (χ3n) is 10.2. The molecule has 4 heterocycles. The smallest absolute Gasteiger partial charge is 0.0707 e. The van der Waals surface area contributed by atoms with Gasteiger partial charge in [0.05, 0.1) is 29.5 Å². The number of dihydropyridines is 1. The van der Waals surface area contributed by atoms with Crippen LogP contribution >= 0.6 is 0 Å². The van der Waals surface area contributed by atoms with Gasteiger partial charge in [-0.15, -0.1) is 0 Å². The van der Waals surface area contributed by atoms with Crippen LogP contribution in [0, 0.1) is 0 Å². The van der Waals surface area contributed by atoms with Crippen LogP contribution in [0.25, 0.3) is 46.7 Å².